The van der Waals surface area contributed by atoms with Crippen molar-refractivity contribution in [3.63, 3.8) is 0 Å². The van der Waals surface area contributed by atoms with Gasteiger partial charge in [0.05, 0.1) is 27.1 Å². The molecule has 0 aliphatic heterocycles. The third-order valence-electron chi connectivity index (χ3n) is 6.16. The van der Waals surface area contributed by atoms with Gasteiger partial charge in [-0.3, -0.25) is 14.4 Å². The monoisotopic (exact) mass is 582 g/mol. The van der Waals surface area contributed by atoms with Crippen molar-refractivity contribution in [2.75, 3.05) is 32.4 Å². The number of benzene rings is 4. The number of ketones is 1. The smallest absolute Gasteiger partial charge is 0.272 e. The van der Waals surface area contributed by atoms with Crippen molar-refractivity contribution in [3.05, 3.63) is 119 Å². The Morgan fingerprint density at radius 1 is 0.714 bits per heavy atom. The topological polar surface area (TPSA) is 103 Å². The fourth-order valence-corrected chi connectivity index (χ4v) is 4.75. The minimum Gasteiger partial charge on any atom is -0.496 e. The SMILES string of the molecule is COc1ccccc1/C=C(\NC(=O)c1ccccc1)C(=O)Nc1ccc(SCC(=O)c2ccc(OC)c(OC)c2)cc1. The van der Waals surface area contributed by atoms with E-state index in [-0.39, 0.29) is 17.2 Å². The second-order valence-electron chi connectivity index (χ2n) is 8.88. The first-order valence-corrected chi connectivity index (χ1v) is 13.9. The van der Waals surface area contributed by atoms with Crippen LogP contribution >= 0.6 is 11.8 Å². The number of amides is 2. The largest absolute Gasteiger partial charge is 0.496 e. The van der Waals surface area contributed by atoms with E-state index in [2.05, 4.69) is 10.6 Å². The minimum atomic E-state index is -0.505. The molecule has 2 N–H and O–H groups in total. The van der Waals surface area contributed by atoms with E-state index in [0.717, 1.165) is 4.90 Å². The highest BCUT2D eigenvalue weighted by atomic mass is 32.2. The molecule has 4 aromatic rings. The number of nitrogens with one attached hydrogen (secondary N) is 2. The summed E-state index contributed by atoms with van der Waals surface area (Å²) in [5.74, 6) is 0.845. The molecule has 0 heterocycles. The van der Waals surface area contributed by atoms with Crippen molar-refractivity contribution in [1.29, 1.82) is 0 Å². The molecular weight excluding hydrogens is 552 g/mol. The Labute approximate surface area is 248 Å². The summed E-state index contributed by atoms with van der Waals surface area (Å²) in [6, 6.07) is 28.0. The molecule has 8 nitrogen and oxygen atoms in total. The van der Waals surface area contributed by atoms with E-state index in [9.17, 15) is 14.4 Å². The van der Waals surface area contributed by atoms with Crippen LogP contribution < -0.4 is 24.8 Å². The van der Waals surface area contributed by atoms with Crippen LogP contribution in [0.2, 0.25) is 0 Å². The van der Waals surface area contributed by atoms with Gasteiger partial charge < -0.3 is 24.8 Å². The molecule has 0 saturated heterocycles. The summed E-state index contributed by atoms with van der Waals surface area (Å²) in [5.41, 5.74) is 2.14. The lowest BCUT2D eigenvalue weighted by molar-refractivity contribution is -0.113. The molecule has 0 saturated carbocycles. The maximum atomic E-state index is 13.3. The Balaban J connectivity index is 1.45. The summed E-state index contributed by atoms with van der Waals surface area (Å²) < 4.78 is 15.9. The third-order valence-corrected chi connectivity index (χ3v) is 7.17. The number of rotatable bonds is 12. The minimum absolute atomic E-state index is 0.0484. The summed E-state index contributed by atoms with van der Waals surface area (Å²) in [6.45, 7) is 0. The lowest BCUT2D eigenvalue weighted by Gasteiger charge is -2.13. The van der Waals surface area contributed by atoms with Gasteiger partial charge in [-0.15, -0.1) is 11.8 Å². The summed E-state index contributed by atoms with van der Waals surface area (Å²) in [7, 11) is 4.60. The predicted octanol–water partition coefficient (Wildman–Crippen LogP) is 6.10. The first-order chi connectivity index (χ1) is 20.4. The van der Waals surface area contributed by atoms with Crippen molar-refractivity contribution in [2.24, 2.45) is 0 Å². The van der Waals surface area contributed by atoms with Crippen molar-refractivity contribution < 1.29 is 28.6 Å². The Morgan fingerprint density at radius 2 is 1.38 bits per heavy atom. The zero-order valence-electron chi connectivity index (χ0n) is 23.4. The number of carbonyl (C=O) groups is 3. The van der Waals surface area contributed by atoms with E-state index in [1.165, 1.54) is 26.0 Å². The van der Waals surface area contributed by atoms with Crippen LogP contribution in [0.5, 0.6) is 17.2 Å². The van der Waals surface area contributed by atoms with E-state index < -0.39 is 11.8 Å². The third kappa shape index (κ3) is 7.80. The molecular formula is C33H30N2O6S. The molecule has 0 bridgehead atoms. The molecule has 42 heavy (non-hydrogen) atoms. The Hall–Kier alpha value is -5.02. The van der Waals surface area contributed by atoms with Gasteiger partial charge in [-0.2, -0.15) is 0 Å². The van der Waals surface area contributed by atoms with E-state index in [4.69, 9.17) is 14.2 Å². The van der Waals surface area contributed by atoms with Gasteiger partial charge in [-0.05, 0) is 66.7 Å². The van der Waals surface area contributed by atoms with Gasteiger partial charge in [-0.25, -0.2) is 0 Å². The van der Waals surface area contributed by atoms with Gasteiger partial charge in [-0.1, -0.05) is 36.4 Å². The molecule has 214 valence electrons. The number of methoxy groups -OCH3 is 3. The summed E-state index contributed by atoms with van der Waals surface area (Å²) in [4.78, 5) is 39.8. The number of hydrogen-bond donors (Lipinski definition) is 2. The normalized spacial score (nSPS) is 10.9. The maximum Gasteiger partial charge on any atom is 0.272 e. The van der Waals surface area contributed by atoms with Crippen molar-refractivity contribution in [1.82, 2.24) is 5.32 Å². The molecule has 0 fully saturated rings. The lowest BCUT2D eigenvalue weighted by Crippen LogP contribution is -2.30. The van der Waals surface area contributed by atoms with Crippen molar-refractivity contribution in [2.45, 2.75) is 4.90 Å². The molecule has 4 aromatic carbocycles. The van der Waals surface area contributed by atoms with Crippen LogP contribution in [0.4, 0.5) is 5.69 Å². The Morgan fingerprint density at radius 3 is 2.07 bits per heavy atom. The summed E-state index contributed by atoms with van der Waals surface area (Å²) in [5, 5.41) is 5.56. The van der Waals surface area contributed by atoms with Crippen LogP contribution in [0.1, 0.15) is 26.3 Å². The van der Waals surface area contributed by atoms with Gasteiger partial charge >= 0.3 is 0 Å². The number of hydrogen-bond acceptors (Lipinski definition) is 7. The number of carbonyl (C=O) groups excluding carboxylic acids is 3. The van der Waals surface area contributed by atoms with Crippen LogP contribution in [0.15, 0.2) is 108 Å². The predicted molar refractivity (Wildman–Crippen MR) is 165 cm³/mol. The highest BCUT2D eigenvalue weighted by molar-refractivity contribution is 8.00. The molecule has 0 aromatic heterocycles. The van der Waals surface area contributed by atoms with Crippen LogP contribution in [-0.4, -0.2) is 44.7 Å². The average molecular weight is 583 g/mol. The average Bonchev–Trinajstić information content (AvgIpc) is 3.04. The number of ether oxygens (including phenoxy) is 3. The molecule has 0 aliphatic rings. The first kappa shape index (κ1) is 30.0. The van der Waals surface area contributed by atoms with Crippen LogP contribution in [0, 0.1) is 0 Å². The summed E-state index contributed by atoms with van der Waals surface area (Å²) >= 11 is 1.38. The quantitative estimate of drug-likeness (QED) is 0.118. The van der Waals surface area contributed by atoms with Crippen molar-refractivity contribution >= 4 is 41.1 Å². The molecule has 0 radical (unpaired) electrons. The molecule has 0 aliphatic carbocycles. The van der Waals surface area contributed by atoms with Gasteiger partial charge in [0.15, 0.2) is 17.3 Å². The maximum absolute atomic E-state index is 13.3. The molecule has 9 heteroatoms. The van der Waals surface area contributed by atoms with Gasteiger partial charge in [0, 0.05) is 27.3 Å². The van der Waals surface area contributed by atoms with Crippen molar-refractivity contribution in [3.8, 4) is 17.2 Å². The van der Waals surface area contributed by atoms with Gasteiger partial charge in [0.1, 0.15) is 11.4 Å². The first-order valence-electron chi connectivity index (χ1n) is 12.9. The summed E-state index contributed by atoms with van der Waals surface area (Å²) in [6.07, 6.45) is 1.57. The zero-order chi connectivity index (χ0) is 29.9. The zero-order valence-corrected chi connectivity index (χ0v) is 24.2. The molecule has 0 atom stereocenters. The highest BCUT2D eigenvalue weighted by Gasteiger charge is 2.16. The van der Waals surface area contributed by atoms with Crippen LogP contribution in [-0.2, 0) is 4.79 Å². The molecule has 0 spiro atoms. The van der Waals surface area contributed by atoms with Gasteiger partial charge in [0.25, 0.3) is 11.8 Å². The fourth-order valence-electron chi connectivity index (χ4n) is 3.96. The molecule has 2 amide bonds. The molecule has 4 rings (SSSR count). The number of anilines is 1. The van der Waals surface area contributed by atoms with E-state index in [0.29, 0.717) is 39.6 Å². The van der Waals surface area contributed by atoms with Crippen LogP contribution in [0.3, 0.4) is 0 Å². The Kier molecular flexibility index (Phi) is 10.4. The fraction of sp³-hybridized carbons (Fsp3) is 0.121. The van der Waals surface area contributed by atoms with E-state index >= 15 is 0 Å². The standard InChI is InChI=1S/C33H30N2O6S/c1-39-29-12-8-7-11-24(29)19-27(35-32(37)22-9-5-4-6-10-22)33(38)34-25-14-16-26(17-15-25)42-21-28(36)23-13-18-30(40-2)31(20-23)41-3/h4-20H,21H2,1-3H3,(H,34,38)(H,35,37)/b27-19-. The van der Waals surface area contributed by atoms with E-state index in [1.807, 2.05) is 30.3 Å². The highest BCUT2D eigenvalue weighted by Crippen LogP contribution is 2.29. The molecule has 0 unspecified atom stereocenters. The van der Waals surface area contributed by atoms with Gasteiger partial charge in [0.2, 0.25) is 0 Å². The Bertz CT molecular complexity index is 1590. The number of para-hydroxylation sites is 1. The second-order valence-corrected chi connectivity index (χ2v) is 9.93. The lowest BCUT2D eigenvalue weighted by atomic mass is 10.1. The van der Waals surface area contributed by atoms with E-state index in [1.54, 1.807) is 79.9 Å². The number of Topliss-reactive ketones (excluding diaryl/α,β-unsaturated/α-hetero) is 1. The van der Waals surface area contributed by atoms with Crippen LogP contribution in [0.25, 0.3) is 6.08 Å². The number of thioether (sulfide) groups is 1. The second kappa shape index (κ2) is 14.6.